The summed E-state index contributed by atoms with van der Waals surface area (Å²) in [6.07, 6.45) is 5.85. The molecule has 1 atom stereocenters. The first kappa shape index (κ1) is 11.4. The Balaban J connectivity index is 1.69. The second-order valence-corrected chi connectivity index (χ2v) is 5.53. The molecule has 2 nitrogen and oxygen atoms in total. The van der Waals surface area contributed by atoms with Crippen molar-refractivity contribution in [1.29, 1.82) is 0 Å². The monoisotopic (exact) mass is 210 g/mol. The molecule has 2 fully saturated rings. The van der Waals surface area contributed by atoms with Gasteiger partial charge in [-0.15, -0.1) is 0 Å². The molecular formula is C13H26N2. The van der Waals surface area contributed by atoms with E-state index >= 15 is 0 Å². The number of likely N-dealkylation sites (tertiary alicyclic amines) is 2. The fourth-order valence-electron chi connectivity index (χ4n) is 3.16. The molecule has 0 aromatic rings. The van der Waals surface area contributed by atoms with Crippen LogP contribution in [0.4, 0.5) is 0 Å². The summed E-state index contributed by atoms with van der Waals surface area (Å²) in [5, 5.41) is 0. The van der Waals surface area contributed by atoms with Gasteiger partial charge in [0.1, 0.15) is 0 Å². The lowest BCUT2D eigenvalue weighted by atomic mass is 9.87. The molecule has 88 valence electrons. The Labute approximate surface area is 94.6 Å². The van der Waals surface area contributed by atoms with Crippen LogP contribution in [0.1, 0.15) is 32.6 Å². The number of hydrogen-bond acceptors (Lipinski definition) is 2. The number of piperidine rings is 1. The minimum Gasteiger partial charge on any atom is -0.306 e. The normalized spacial score (nSPS) is 31.2. The van der Waals surface area contributed by atoms with Crippen molar-refractivity contribution in [3.63, 3.8) is 0 Å². The summed E-state index contributed by atoms with van der Waals surface area (Å²) in [6.45, 7) is 8.93. The average molecular weight is 210 g/mol. The molecule has 2 rings (SSSR count). The predicted molar refractivity (Wildman–Crippen MR) is 65.1 cm³/mol. The van der Waals surface area contributed by atoms with Crippen LogP contribution in [0.25, 0.3) is 0 Å². The highest BCUT2D eigenvalue weighted by Gasteiger charge is 2.25. The Morgan fingerprint density at radius 1 is 1.00 bits per heavy atom. The summed E-state index contributed by atoms with van der Waals surface area (Å²) in [5.74, 6) is 2.04. The van der Waals surface area contributed by atoms with Crippen LogP contribution >= 0.6 is 0 Å². The summed E-state index contributed by atoms with van der Waals surface area (Å²) in [6, 6.07) is 0. The zero-order chi connectivity index (χ0) is 10.7. The van der Waals surface area contributed by atoms with Gasteiger partial charge in [-0.05, 0) is 70.7 Å². The van der Waals surface area contributed by atoms with Gasteiger partial charge in [-0.1, -0.05) is 6.92 Å². The zero-order valence-corrected chi connectivity index (χ0v) is 10.4. The molecule has 0 bridgehead atoms. The third kappa shape index (κ3) is 3.18. The average Bonchev–Trinajstić information content (AvgIpc) is 2.69. The van der Waals surface area contributed by atoms with Gasteiger partial charge in [0, 0.05) is 6.54 Å². The second-order valence-electron chi connectivity index (χ2n) is 5.53. The van der Waals surface area contributed by atoms with Gasteiger partial charge < -0.3 is 9.80 Å². The molecule has 0 saturated carbocycles. The summed E-state index contributed by atoms with van der Waals surface area (Å²) < 4.78 is 0. The van der Waals surface area contributed by atoms with Crippen LogP contribution in [-0.2, 0) is 0 Å². The summed E-state index contributed by atoms with van der Waals surface area (Å²) in [5.41, 5.74) is 0. The second kappa shape index (κ2) is 5.31. The molecule has 0 radical (unpaired) electrons. The Morgan fingerprint density at radius 3 is 2.27 bits per heavy atom. The van der Waals surface area contributed by atoms with Gasteiger partial charge in [0.05, 0.1) is 0 Å². The first-order chi connectivity index (χ1) is 7.28. The quantitative estimate of drug-likeness (QED) is 0.703. The maximum atomic E-state index is 2.61. The molecule has 2 aliphatic heterocycles. The zero-order valence-electron chi connectivity index (χ0n) is 10.4. The highest BCUT2D eigenvalue weighted by molar-refractivity contribution is 4.79. The van der Waals surface area contributed by atoms with Crippen LogP contribution in [0.15, 0.2) is 0 Å². The Bertz CT molecular complexity index is 185. The fraction of sp³-hybridized carbons (Fsp3) is 1.00. The molecule has 2 saturated heterocycles. The highest BCUT2D eigenvalue weighted by Crippen LogP contribution is 2.28. The van der Waals surface area contributed by atoms with Crippen molar-refractivity contribution in [2.45, 2.75) is 32.6 Å². The van der Waals surface area contributed by atoms with Gasteiger partial charge in [-0.2, -0.15) is 0 Å². The molecule has 0 N–H and O–H groups in total. The van der Waals surface area contributed by atoms with E-state index in [9.17, 15) is 0 Å². The van der Waals surface area contributed by atoms with Crippen molar-refractivity contribution in [2.75, 3.05) is 39.8 Å². The van der Waals surface area contributed by atoms with E-state index in [2.05, 4.69) is 23.8 Å². The van der Waals surface area contributed by atoms with Crippen LogP contribution < -0.4 is 0 Å². The lowest BCUT2D eigenvalue weighted by Gasteiger charge is -2.30. The molecule has 15 heavy (non-hydrogen) atoms. The van der Waals surface area contributed by atoms with Crippen molar-refractivity contribution in [2.24, 2.45) is 11.8 Å². The lowest BCUT2D eigenvalue weighted by molar-refractivity contribution is 0.194. The van der Waals surface area contributed by atoms with Crippen molar-refractivity contribution in [3.05, 3.63) is 0 Å². The lowest BCUT2D eigenvalue weighted by Crippen LogP contribution is -2.31. The molecule has 0 aromatic carbocycles. The van der Waals surface area contributed by atoms with E-state index < -0.39 is 0 Å². The van der Waals surface area contributed by atoms with Crippen LogP contribution in [0.2, 0.25) is 0 Å². The minimum absolute atomic E-state index is 1.01. The van der Waals surface area contributed by atoms with Gasteiger partial charge in [-0.3, -0.25) is 0 Å². The maximum Gasteiger partial charge on any atom is 0.00101 e. The smallest absolute Gasteiger partial charge is 0.00101 e. The predicted octanol–water partition coefficient (Wildman–Crippen LogP) is 2.06. The Kier molecular flexibility index (Phi) is 4.04. The molecule has 0 spiro atoms. The van der Waals surface area contributed by atoms with Gasteiger partial charge in [-0.25, -0.2) is 0 Å². The van der Waals surface area contributed by atoms with Crippen LogP contribution in [-0.4, -0.2) is 49.6 Å². The van der Waals surface area contributed by atoms with Crippen molar-refractivity contribution < 1.29 is 0 Å². The first-order valence-electron chi connectivity index (χ1n) is 6.68. The number of nitrogens with zero attached hydrogens (tertiary/aromatic N) is 2. The SMILES string of the molecule is CCN1CCC(CC2CCN(C)CC2)C1. The van der Waals surface area contributed by atoms with Crippen LogP contribution in [0.3, 0.4) is 0 Å². The Hall–Kier alpha value is -0.0800. The molecule has 0 aromatic heterocycles. The topological polar surface area (TPSA) is 6.48 Å². The van der Waals surface area contributed by atoms with E-state index in [4.69, 9.17) is 0 Å². The molecule has 2 heteroatoms. The van der Waals surface area contributed by atoms with E-state index in [1.165, 1.54) is 58.4 Å². The summed E-state index contributed by atoms with van der Waals surface area (Å²) >= 11 is 0. The number of rotatable bonds is 3. The van der Waals surface area contributed by atoms with E-state index in [0.29, 0.717) is 0 Å². The third-order valence-corrected chi connectivity index (χ3v) is 4.32. The van der Waals surface area contributed by atoms with Gasteiger partial charge in [0.25, 0.3) is 0 Å². The van der Waals surface area contributed by atoms with Gasteiger partial charge in [0.2, 0.25) is 0 Å². The fourth-order valence-corrected chi connectivity index (χ4v) is 3.16. The molecule has 1 unspecified atom stereocenters. The molecule has 0 aliphatic carbocycles. The van der Waals surface area contributed by atoms with E-state index in [-0.39, 0.29) is 0 Å². The van der Waals surface area contributed by atoms with Crippen LogP contribution in [0.5, 0.6) is 0 Å². The van der Waals surface area contributed by atoms with Crippen molar-refractivity contribution in [1.82, 2.24) is 9.80 Å². The van der Waals surface area contributed by atoms with Gasteiger partial charge in [0.15, 0.2) is 0 Å². The standard InChI is InChI=1S/C13H26N2/c1-3-15-9-6-13(11-15)10-12-4-7-14(2)8-5-12/h12-13H,3-11H2,1-2H3. The van der Waals surface area contributed by atoms with E-state index in [1.54, 1.807) is 0 Å². The van der Waals surface area contributed by atoms with E-state index in [1.807, 2.05) is 0 Å². The van der Waals surface area contributed by atoms with Crippen LogP contribution in [0, 0.1) is 11.8 Å². The van der Waals surface area contributed by atoms with E-state index in [0.717, 1.165) is 11.8 Å². The first-order valence-corrected chi connectivity index (χ1v) is 6.68. The summed E-state index contributed by atoms with van der Waals surface area (Å²) in [7, 11) is 2.25. The Morgan fingerprint density at radius 2 is 1.67 bits per heavy atom. The molecule has 2 aliphatic rings. The van der Waals surface area contributed by atoms with Gasteiger partial charge >= 0.3 is 0 Å². The summed E-state index contributed by atoms with van der Waals surface area (Å²) in [4.78, 5) is 5.09. The minimum atomic E-state index is 1.01. The number of hydrogen-bond donors (Lipinski definition) is 0. The molecular weight excluding hydrogens is 184 g/mol. The maximum absolute atomic E-state index is 2.61. The largest absolute Gasteiger partial charge is 0.306 e. The highest BCUT2D eigenvalue weighted by atomic mass is 15.1. The van der Waals surface area contributed by atoms with Crippen molar-refractivity contribution >= 4 is 0 Å². The molecule has 2 heterocycles. The third-order valence-electron chi connectivity index (χ3n) is 4.32. The van der Waals surface area contributed by atoms with Crippen molar-refractivity contribution in [3.8, 4) is 0 Å². The molecule has 0 amide bonds.